The van der Waals surface area contributed by atoms with Crippen LogP contribution in [0.1, 0.15) is 45.7 Å². The maximum absolute atomic E-state index is 3.49. The van der Waals surface area contributed by atoms with Gasteiger partial charge in [-0.2, -0.15) is 0 Å². The van der Waals surface area contributed by atoms with Gasteiger partial charge in [-0.15, -0.1) is 11.8 Å². The predicted molar refractivity (Wildman–Crippen MR) is 78.7 cm³/mol. The van der Waals surface area contributed by atoms with Crippen LogP contribution in [0.3, 0.4) is 0 Å². The molecule has 0 radical (unpaired) electrons. The summed E-state index contributed by atoms with van der Waals surface area (Å²) in [6.07, 6.45) is 1.29. The molecule has 0 aliphatic heterocycles. The van der Waals surface area contributed by atoms with E-state index in [0.717, 1.165) is 12.5 Å². The smallest absolute Gasteiger partial charge is 0.0302 e. The Morgan fingerprint density at radius 2 is 1.88 bits per heavy atom. The molecule has 1 nitrogen and oxygen atoms in total. The fraction of sp³-hybridized carbons (Fsp3) is 0.600. The average Bonchev–Trinajstić information content (AvgIpc) is 2.29. The van der Waals surface area contributed by atoms with Gasteiger partial charge in [0.15, 0.2) is 0 Å². The SMILES string of the molecule is CCNC(C)c1ccccc1SCCC(C)C. The minimum absolute atomic E-state index is 0.447. The molecule has 96 valence electrons. The van der Waals surface area contributed by atoms with Crippen LogP contribution in [0.5, 0.6) is 0 Å². The van der Waals surface area contributed by atoms with Crippen molar-refractivity contribution in [3.63, 3.8) is 0 Å². The van der Waals surface area contributed by atoms with Crippen LogP contribution in [0.15, 0.2) is 29.2 Å². The van der Waals surface area contributed by atoms with Gasteiger partial charge in [0.05, 0.1) is 0 Å². The van der Waals surface area contributed by atoms with E-state index in [2.05, 4.69) is 57.3 Å². The molecule has 2 heteroatoms. The summed E-state index contributed by atoms with van der Waals surface area (Å²) in [7, 11) is 0. The number of hydrogen-bond donors (Lipinski definition) is 1. The Kier molecular flexibility index (Phi) is 6.68. The van der Waals surface area contributed by atoms with E-state index in [1.165, 1.54) is 22.6 Å². The molecule has 0 fully saturated rings. The third-order valence-electron chi connectivity index (χ3n) is 2.85. The quantitative estimate of drug-likeness (QED) is 0.716. The molecule has 1 atom stereocenters. The van der Waals surface area contributed by atoms with Crippen LogP contribution in [0.25, 0.3) is 0 Å². The van der Waals surface area contributed by atoms with Crippen molar-refractivity contribution in [1.29, 1.82) is 0 Å². The molecule has 1 aromatic rings. The summed E-state index contributed by atoms with van der Waals surface area (Å²) in [4.78, 5) is 1.43. The van der Waals surface area contributed by atoms with E-state index in [9.17, 15) is 0 Å². The van der Waals surface area contributed by atoms with Gasteiger partial charge in [-0.05, 0) is 43.2 Å². The summed E-state index contributed by atoms with van der Waals surface area (Å²) in [6.45, 7) is 9.99. The van der Waals surface area contributed by atoms with E-state index < -0.39 is 0 Å². The highest BCUT2D eigenvalue weighted by atomic mass is 32.2. The van der Waals surface area contributed by atoms with Gasteiger partial charge in [-0.3, -0.25) is 0 Å². The standard InChI is InChI=1S/C15H25NS/c1-5-16-13(4)14-8-6-7-9-15(14)17-11-10-12(2)3/h6-9,12-13,16H,5,10-11H2,1-4H3. The maximum Gasteiger partial charge on any atom is 0.0302 e. The Morgan fingerprint density at radius 3 is 2.53 bits per heavy atom. The zero-order valence-corrected chi connectivity index (χ0v) is 12.3. The minimum Gasteiger partial charge on any atom is -0.310 e. The van der Waals surface area contributed by atoms with E-state index in [1.54, 1.807) is 0 Å². The highest BCUT2D eigenvalue weighted by Crippen LogP contribution is 2.28. The van der Waals surface area contributed by atoms with Crippen LogP contribution in [-0.2, 0) is 0 Å². The number of nitrogens with one attached hydrogen (secondary N) is 1. The Labute approximate surface area is 110 Å². The highest BCUT2D eigenvalue weighted by molar-refractivity contribution is 7.99. The summed E-state index contributed by atoms with van der Waals surface area (Å²) in [5.41, 5.74) is 1.43. The van der Waals surface area contributed by atoms with Gasteiger partial charge in [-0.25, -0.2) is 0 Å². The lowest BCUT2D eigenvalue weighted by molar-refractivity contribution is 0.589. The van der Waals surface area contributed by atoms with Crippen LogP contribution >= 0.6 is 11.8 Å². The van der Waals surface area contributed by atoms with Crippen LogP contribution < -0.4 is 5.32 Å². The van der Waals surface area contributed by atoms with E-state index >= 15 is 0 Å². The van der Waals surface area contributed by atoms with Crippen molar-refractivity contribution in [1.82, 2.24) is 5.32 Å². The summed E-state index contributed by atoms with van der Waals surface area (Å²) in [6, 6.07) is 9.21. The van der Waals surface area contributed by atoms with Gasteiger partial charge in [0.2, 0.25) is 0 Å². The van der Waals surface area contributed by atoms with Crippen molar-refractivity contribution in [3.05, 3.63) is 29.8 Å². The molecular formula is C15H25NS. The number of thioether (sulfide) groups is 1. The molecule has 1 aromatic carbocycles. The largest absolute Gasteiger partial charge is 0.310 e. The zero-order chi connectivity index (χ0) is 12.7. The van der Waals surface area contributed by atoms with Crippen molar-refractivity contribution >= 4 is 11.8 Å². The van der Waals surface area contributed by atoms with Crippen molar-refractivity contribution in [2.24, 2.45) is 5.92 Å². The van der Waals surface area contributed by atoms with E-state index in [-0.39, 0.29) is 0 Å². The second-order valence-corrected chi connectivity index (χ2v) is 5.98. The molecule has 1 unspecified atom stereocenters. The normalized spacial score (nSPS) is 13.0. The fourth-order valence-corrected chi connectivity index (χ4v) is 3.19. The monoisotopic (exact) mass is 251 g/mol. The average molecular weight is 251 g/mol. The summed E-state index contributed by atoms with van der Waals surface area (Å²) in [5.74, 6) is 2.01. The lowest BCUT2D eigenvalue weighted by Crippen LogP contribution is -2.18. The maximum atomic E-state index is 3.49. The van der Waals surface area contributed by atoms with Crippen molar-refractivity contribution in [2.75, 3.05) is 12.3 Å². The van der Waals surface area contributed by atoms with Crippen LogP contribution in [0, 0.1) is 5.92 Å². The van der Waals surface area contributed by atoms with Crippen LogP contribution in [0.2, 0.25) is 0 Å². The molecule has 0 saturated heterocycles. The molecular weight excluding hydrogens is 226 g/mol. The first-order valence-corrected chi connectivity index (χ1v) is 7.58. The Bertz CT molecular complexity index is 322. The molecule has 0 spiro atoms. The number of rotatable bonds is 7. The van der Waals surface area contributed by atoms with Crippen molar-refractivity contribution in [2.45, 2.75) is 45.1 Å². The van der Waals surface area contributed by atoms with E-state index in [1.807, 2.05) is 11.8 Å². The van der Waals surface area contributed by atoms with Crippen molar-refractivity contribution in [3.8, 4) is 0 Å². The van der Waals surface area contributed by atoms with Crippen LogP contribution in [0.4, 0.5) is 0 Å². The fourth-order valence-electron chi connectivity index (χ4n) is 1.79. The summed E-state index contributed by atoms with van der Waals surface area (Å²) >= 11 is 1.99. The van der Waals surface area contributed by atoms with Gasteiger partial charge in [-0.1, -0.05) is 39.0 Å². The third-order valence-corrected chi connectivity index (χ3v) is 3.97. The van der Waals surface area contributed by atoms with Gasteiger partial charge in [0, 0.05) is 10.9 Å². The molecule has 1 rings (SSSR count). The van der Waals surface area contributed by atoms with Gasteiger partial charge in [0.1, 0.15) is 0 Å². The third kappa shape index (κ3) is 5.13. The lowest BCUT2D eigenvalue weighted by Gasteiger charge is -2.17. The molecule has 0 saturated carbocycles. The number of benzene rings is 1. The minimum atomic E-state index is 0.447. The van der Waals surface area contributed by atoms with Crippen LogP contribution in [-0.4, -0.2) is 12.3 Å². The first-order chi connectivity index (χ1) is 8.15. The lowest BCUT2D eigenvalue weighted by atomic mass is 10.1. The molecule has 0 aliphatic carbocycles. The second-order valence-electron chi connectivity index (χ2n) is 4.85. The van der Waals surface area contributed by atoms with E-state index in [4.69, 9.17) is 0 Å². The predicted octanol–water partition coefficient (Wildman–Crippen LogP) is 4.50. The molecule has 0 aliphatic rings. The molecule has 1 N–H and O–H groups in total. The molecule has 0 amide bonds. The first-order valence-electron chi connectivity index (χ1n) is 6.60. The Balaban J connectivity index is 2.63. The molecule has 0 aromatic heterocycles. The number of hydrogen-bond acceptors (Lipinski definition) is 2. The van der Waals surface area contributed by atoms with Gasteiger partial charge >= 0.3 is 0 Å². The second kappa shape index (κ2) is 7.78. The molecule has 0 bridgehead atoms. The Hall–Kier alpha value is -0.470. The molecule has 0 heterocycles. The van der Waals surface area contributed by atoms with Gasteiger partial charge in [0.25, 0.3) is 0 Å². The topological polar surface area (TPSA) is 12.0 Å². The van der Waals surface area contributed by atoms with Gasteiger partial charge < -0.3 is 5.32 Å². The first kappa shape index (κ1) is 14.6. The summed E-state index contributed by atoms with van der Waals surface area (Å²) in [5, 5.41) is 3.49. The van der Waals surface area contributed by atoms with Crippen molar-refractivity contribution < 1.29 is 0 Å². The zero-order valence-electron chi connectivity index (χ0n) is 11.5. The highest BCUT2D eigenvalue weighted by Gasteiger charge is 2.09. The molecule has 17 heavy (non-hydrogen) atoms. The Morgan fingerprint density at radius 1 is 1.18 bits per heavy atom. The van der Waals surface area contributed by atoms with E-state index in [0.29, 0.717) is 6.04 Å². The summed E-state index contributed by atoms with van der Waals surface area (Å²) < 4.78 is 0.